The molecule has 0 unspecified atom stereocenters. The summed E-state index contributed by atoms with van der Waals surface area (Å²) in [7, 11) is 0. The van der Waals surface area contributed by atoms with Crippen LogP contribution >= 0.6 is 22.6 Å². The number of ether oxygens (including phenoxy) is 1. The van der Waals surface area contributed by atoms with Gasteiger partial charge in [-0.3, -0.25) is 0 Å². The SMILES string of the molecule is OCc1cc(I)nc(OC(F)(F)F)c1C(F)(F)F. The van der Waals surface area contributed by atoms with Crippen LogP contribution in [-0.2, 0) is 12.8 Å². The van der Waals surface area contributed by atoms with E-state index in [1.165, 1.54) is 22.6 Å². The number of hydrogen-bond acceptors (Lipinski definition) is 3. The lowest BCUT2D eigenvalue weighted by atomic mass is 10.1. The van der Waals surface area contributed by atoms with E-state index < -0.39 is 36.2 Å². The molecule has 0 atom stereocenters. The molecule has 0 saturated heterocycles. The number of aliphatic hydroxyl groups is 1. The summed E-state index contributed by atoms with van der Waals surface area (Å²) < 4.78 is 76.8. The number of pyridine rings is 1. The summed E-state index contributed by atoms with van der Waals surface area (Å²) in [5.74, 6) is -1.62. The average molecular weight is 387 g/mol. The normalized spacial score (nSPS) is 12.7. The van der Waals surface area contributed by atoms with E-state index in [0.717, 1.165) is 6.07 Å². The second kappa shape index (κ2) is 5.07. The van der Waals surface area contributed by atoms with E-state index >= 15 is 0 Å². The molecule has 102 valence electrons. The molecule has 0 radical (unpaired) electrons. The van der Waals surface area contributed by atoms with Crippen molar-refractivity contribution < 1.29 is 36.2 Å². The van der Waals surface area contributed by atoms with Crippen molar-refractivity contribution in [3.05, 3.63) is 20.9 Å². The molecule has 10 heteroatoms. The molecule has 0 fully saturated rings. The largest absolute Gasteiger partial charge is 0.574 e. The summed E-state index contributed by atoms with van der Waals surface area (Å²) in [4.78, 5) is 3.05. The molecule has 0 saturated carbocycles. The Balaban J connectivity index is 3.43. The van der Waals surface area contributed by atoms with Gasteiger partial charge in [-0.05, 0) is 34.2 Å². The smallest absolute Gasteiger partial charge is 0.392 e. The van der Waals surface area contributed by atoms with Crippen LogP contribution in [0.15, 0.2) is 6.07 Å². The van der Waals surface area contributed by atoms with Crippen LogP contribution in [0.2, 0.25) is 0 Å². The lowest BCUT2D eigenvalue weighted by molar-refractivity contribution is -0.278. The van der Waals surface area contributed by atoms with Crippen molar-refractivity contribution in [2.45, 2.75) is 19.1 Å². The molecule has 0 aromatic carbocycles. The number of aromatic nitrogens is 1. The van der Waals surface area contributed by atoms with Crippen molar-refractivity contribution in [2.75, 3.05) is 0 Å². The summed E-state index contributed by atoms with van der Waals surface area (Å²) >= 11 is 1.41. The molecule has 0 amide bonds. The monoisotopic (exact) mass is 387 g/mol. The lowest BCUT2D eigenvalue weighted by Crippen LogP contribution is -2.22. The first-order chi connectivity index (χ1) is 8.04. The highest BCUT2D eigenvalue weighted by atomic mass is 127. The predicted octanol–water partition coefficient (Wildman–Crippen LogP) is 3.10. The Labute approximate surface area is 110 Å². The third-order valence-corrected chi connectivity index (χ3v) is 2.26. The number of aliphatic hydroxyl groups excluding tert-OH is 1. The zero-order valence-electron chi connectivity index (χ0n) is 8.23. The Morgan fingerprint density at radius 3 is 2.17 bits per heavy atom. The van der Waals surface area contributed by atoms with Gasteiger partial charge in [-0.1, -0.05) is 0 Å². The first-order valence-corrected chi connectivity index (χ1v) is 5.25. The fraction of sp³-hybridized carbons (Fsp3) is 0.375. The van der Waals surface area contributed by atoms with Crippen molar-refractivity contribution in [1.82, 2.24) is 4.98 Å². The number of alkyl halides is 6. The molecule has 0 aliphatic heterocycles. The van der Waals surface area contributed by atoms with E-state index in [4.69, 9.17) is 5.11 Å². The van der Waals surface area contributed by atoms with Crippen molar-refractivity contribution in [1.29, 1.82) is 0 Å². The van der Waals surface area contributed by atoms with Crippen molar-refractivity contribution in [2.24, 2.45) is 0 Å². The third-order valence-electron chi connectivity index (χ3n) is 1.70. The van der Waals surface area contributed by atoms with Crippen LogP contribution in [0.4, 0.5) is 26.3 Å². The van der Waals surface area contributed by atoms with E-state index in [1.807, 2.05) is 0 Å². The summed E-state index contributed by atoms with van der Waals surface area (Å²) in [5, 5.41) is 8.76. The molecule has 3 nitrogen and oxygen atoms in total. The minimum Gasteiger partial charge on any atom is -0.392 e. The molecule has 18 heavy (non-hydrogen) atoms. The lowest BCUT2D eigenvalue weighted by Gasteiger charge is -2.17. The Hall–Kier alpha value is -0.780. The number of hydrogen-bond donors (Lipinski definition) is 1. The van der Waals surface area contributed by atoms with Gasteiger partial charge >= 0.3 is 12.5 Å². The summed E-state index contributed by atoms with van der Waals surface area (Å²) in [6, 6.07) is 0.826. The van der Waals surface area contributed by atoms with Gasteiger partial charge in [0.25, 0.3) is 0 Å². The molecular weight excluding hydrogens is 383 g/mol. The fourth-order valence-corrected chi connectivity index (χ4v) is 1.74. The van der Waals surface area contributed by atoms with Gasteiger partial charge in [-0.25, -0.2) is 4.98 Å². The predicted molar refractivity (Wildman–Crippen MR) is 54.6 cm³/mol. The summed E-state index contributed by atoms with van der Waals surface area (Å²) in [5.41, 5.74) is -2.47. The molecular formula is C8H4F6INO2. The van der Waals surface area contributed by atoms with Gasteiger partial charge in [0.05, 0.1) is 6.61 Å². The first kappa shape index (κ1) is 15.3. The second-order valence-electron chi connectivity index (χ2n) is 2.99. The van der Waals surface area contributed by atoms with Gasteiger partial charge in [-0.15, -0.1) is 13.2 Å². The number of nitrogens with zero attached hydrogens (tertiary/aromatic N) is 1. The second-order valence-corrected chi connectivity index (χ2v) is 4.09. The maximum absolute atomic E-state index is 12.6. The molecule has 0 bridgehead atoms. The van der Waals surface area contributed by atoms with Crippen LogP contribution in [0.1, 0.15) is 11.1 Å². The minimum absolute atomic E-state index is 0.163. The summed E-state index contributed by atoms with van der Waals surface area (Å²) in [6.07, 6.45) is -10.4. The molecule has 1 aromatic rings. The quantitative estimate of drug-likeness (QED) is 0.482. The van der Waals surface area contributed by atoms with E-state index in [0.29, 0.717) is 0 Å². The van der Waals surface area contributed by atoms with Gasteiger partial charge in [0, 0.05) is 0 Å². The zero-order chi connectivity index (χ0) is 14.1. The van der Waals surface area contributed by atoms with Crippen molar-refractivity contribution in [3.63, 3.8) is 0 Å². The molecule has 0 aliphatic carbocycles. The van der Waals surface area contributed by atoms with E-state index in [9.17, 15) is 26.3 Å². The van der Waals surface area contributed by atoms with Gasteiger partial charge in [0.2, 0.25) is 5.88 Å². The van der Waals surface area contributed by atoms with Gasteiger partial charge < -0.3 is 9.84 Å². The van der Waals surface area contributed by atoms with E-state index in [1.54, 1.807) is 0 Å². The molecule has 0 spiro atoms. The third kappa shape index (κ3) is 3.86. The highest BCUT2D eigenvalue weighted by molar-refractivity contribution is 14.1. The molecule has 1 heterocycles. The highest BCUT2D eigenvalue weighted by Gasteiger charge is 2.42. The minimum atomic E-state index is -5.30. The Morgan fingerprint density at radius 1 is 1.22 bits per heavy atom. The van der Waals surface area contributed by atoms with Crippen LogP contribution in [0, 0.1) is 3.70 Å². The molecule has 1 N–H and O–H groups in total. The maximum Gasteiger partial charge on any atom is 0.574 e. The Kier molecular flexibility index (Phi) is 4.30. The number of halogens is 7. The van der Waals surface area contributed by atoms with Crippen molar-refractivity contribution >= 4 is 22.6 Å². The molecule has 1 rings (SSSR count). The molecule has 0 aliphatic rings. The van der Waals surface area contributed by atoms with Crippen molar-refractivity contribution in [3.8, 4) is 5.88 Å². The fourth-order valence-electron chi connectivity index (χ4n) is 1.15. The van der Waals surface area contributed by atoms with Crippen LogP contribution in [0.3, 0.4) is 0 Å². The van der Waals surface area contributed by atoms with E-state index in [2.05, 4.69) is 9.72 Å². The van der Waals surface area contributed by atoms with Crippen LogP contribution in [-0.4, -0.2) is 16.5 Å². The highest BCUT2D eigenvalue weighted by Crippen LogP contribution is 2.40. The van der Waals surface area contributed by atoms with Gasteiger partial charge in [0.15, 0.2) is 0 Å². The number of rotatable bonds is 2. The zero-order valence-corrected chi connectivity index (χ0v) is 10.4. The standard InChI is InChI=1S/C8H4F6INO2/c9-7(10,11)5-3(2-17)1-4(15)16-6(5)18-8(12,13)14/h1,17H,2H2. The summed E-state index contributed by atoms with van der Waals surface area (Å²) in [6.45, 7) is -1.08. The first-order valence-electron chi connectivity index (χ1n) is 4.18. The van der Waals surface area contributed by atoms with E-state index in [-0.39, 0.29) is 3.70 Å². The maximum atomic E-state index is 12.6. The van der Waals surface area contributed by atoms with Gasteiger partial charge in [-0.2, -0.15) is 13.2 Å². The Morgan fingerprint density at radius 2 is 1.78 bits per heavy atom. The van der Waals surface area contributed by atoms with Crippen LogP contribution < -0.4 is 4.74 Å². The van der Waals surface area contributed by atoms with Crippen LogP contribution in [0.5, 0.6) is 5.88 Å². The Bertz CT molecular complexity index is 444. The van der Waals surface area contributed by atoms with Crippen LogP contribution in [0.25, 0.3) is 0 Å². The molecule has 1 aromatic heterocycles. The topological polar surface area (TPSA) is 42.4 Å². The van der Waals surface area contributed by atoms with Gasteiger partial charge in [0.1, 0.15) is 9.26 Å². The average Bonchev–Trinajstić information content (AvgIpc) is 2.11.